The zero-order valence-electron chi connectivity index (χ0n) is 11.5. The lowest BCUT2D eigenvalue weighted by atomic mass is 10.0. The largest absolute Gasteiger partial charge is 0.466 e. The number of esters is 1. The molecule has 0 fully saturated rings. The van der Waals surface area contributed by atoms with Crippen molar-refractivity contribution in [3.05, 3.63) is 48.0 Å². The summed E-state index contributed by atoms with van der Waals surface area (Å²) in [5, 5.41) is 2.58. The molecule has 0 aliphatic rings. The van der Waals surface area contributed by atoms with Crippen molar-refractivity contribution in [2.45, 2.75) is 19.4 Å². The van der Waals surface area contributed by atoms with Gasteiger partial charge in [-0.25, -0.2) is 4.79 Å². The molecule has 1 unspecified atom stereocenters. The van der Waals surface area contributed by atoms with E-state index in [0.29, 0.717) is 6.42 Å². The monoisotopic (exact) mass is 275 g/mol. The molecule has 0 saturated carbocycles. The topological polar surface area (TPSA) is 72.5 Å². The summed E-state index contributed by atoms with van der Waals surface area (Å²) >= 11 is 0. The normalized spacial score (nSPS) is 11.9. The number of benzene rings is 1. The van der Waals surface area contributed by atoms with E-state index in [9.17, 15) is 14.4 Å². The third kappa shape index (κ3) is 5.48. The number of carbonyl (C=O) groups is 3. The van der Waals surface area contributed by atoms with Crippen LogP contribution in [0.25, 0.3) is 0 Å². The molecule has 0 aliphatic carbocycles. The smallest absolute Gasteiger partial charge is 0.330 e. The average molecular weight is 275 g/mol. The van der Waals surface area contributed by atoms with E-state index in [0.717, 1.165) is 17.7 Å². The van der Waals surface area contributed by atoms with Crippen molar-refractivity contribution in [2.75, 3.05) is 7.11 Å². The van der Waals surface area contributed by atoms with Crippen molar-refractivity contribution in [2.24, 2.45) is 0 Å². The minimum absolute atomic E-state index is 0.300. The van der Waals surface area contributed by atoms with Gasteiger partial charge in [0.15, 0.2) is 5.78 Å². The van der Waals surface area contributed by atoms with Gasteiger partial charge in [0.2, 0.25) is 5.91 Å². The maximum absolute atomic E-state index is 12.0. The molecule has 0 heterocycles. The lowest BCUT2D eigenvalue weighted by molar-refractivity contribution is -0.135. The summed E-state index contributed by atoms with van der Waals surface area (Å²) in [6.45, 7) is 1.34. The number of methoxy groups -OCH3 is 1. The molecular formula is C15H17NO4. The van der Waals surface area contributed by atoms with Crippen LogP contribution >= 0.6 is 0 Å². The number of rotatable bonds is 6. The highest BCUT2D eigenvalue weighted by Gasteiger charge is 2.17. The Morgan fingerprint density at radius 1 is 1.20 bits per heavy atom. The lowest BCUT2D eigenvalue weighted by Gasteiger charge is -2.15. The summed E-state index contributed by atoms with van der Waals surface area (Å²) in [7, 11) is 1.23. The van der Waals surface area contributed by atoms with Crippen LogP contribution in [0.2, 0.25) is 0 Å². The van der Waals surface area contributed by atoms with Gasteiger partial charge in [0, 0.05) is 19.4 Å². The number of ketones is 1. The quantitative estimate of drug-likeness (QED) is 0.621. The summed E-state index contributed by atoms with van der Waals surface area (Å²) in [6.07, 6.45) is 2.53. The van der Waals surface area contributed by atoms with Crippen LogP contribution in [0.3, 0.4) is 0 Å². The zero-order chi connectivity index (χ0) is 15.0. The highest BCUT2D eigenvalue weighted by atomic mass is 16.5. The Morgan fingerprint density at radius 3 is 2.40 bits per heavy atom. The maximum atomic E-state index is 12.0. The van der Waals surface area contributed by atoms with Crippen molar-refractivity contribution in [3.63, 3.8) is 0 Å². The van der Waals surface area contributed by atoms with Crippen molar-refractivity contribution >= 4 is 17.7 Å². The molecular weight excluding hydrogens is 258 g/mol. The SMILES string of the molecule is COC(=O)/C=C/C(=O)C(Cc1ccccc1)NC(C)=O. The Kier molecular flexibility index (Phi) is 6.16. The number of nitrogens with one attached hydrogen (secondary N) is 1. The molecule has 5 heteroatoms. The molecule has 106 valence electrons. The molecule has 5 nitrogen and oxygen atoms in total. The molecule has 20 heavy (non-hydrogen) atoms. The summed E-state index contributed by atoms with van der Waals surface area (Å²) < 4.78 is 4.41. The Bertz CT molecular complexity index is 508. The third-order valence-corrected chi connectivity index (χ3v) is 2.59. The van der Waals surface area contributed by atoms with Crippen LogP contribution in [-0.4, -0.2) is 30.8 Å². The molecule has 0 spiro atoms. The molecule has 1 N–H and O–H groups in total. The molecule has 1 amide bonds. The molecule has 0 aromatic heterocycles. The molecule has 1 aromatic carbocycles. The van der Waals surface area contributed by atoms with E-state index in [4.69, 9.17) is 0 Å². The second kappa shape index (κ2) is 7.89. The van der Waals surface area contributed by atoms with Gasteiger partial charge in [-0.15, -0.1) is 0 Å². The Labute approximate surface area is 117 Å². The maximum Gasteiger partial charge on any atom is 0.330 e. The van der Waals surface area contributed by atoms with Gasteiger partial charge >= 0.3 is 5.97 Å². The highest BCUT2D eigenvalue weighted by molar-refractivity contribution is 6.00. The van der Waals surface area contributed by atoms with Crippen LogP contribution in [-0.2, 0) is 25.5 Å². The molecule has 1 rings (SSSR count). The average Bonchev–Trinajstić information content (AvgIpc) is 2.44. The van der Waals surface area contributed by atoms with Crippen molar-refractivity contribution < 1.29 is 19.1 Å². The Balaban J connectivity index is 2.78. The minimum atomic E-state index is -0.698. The van der Waals surface area contributed by atoms with Gasteiger partial charge in [0.1, 0.15) is 0 Å². The fourth-order valence-corrected chi connectivity index (χ4v) is 1.65. The summed E-state index contributed by atoms with van der Waals surface area (Å²) in [4.78, 5) is 34.1. The van der Waals surface area contributed by atoms with Gasteiger partial charge in [0.05, 0.1) is 13.2 Å². The molecule has 1 atom stereocenters. The first kappa shape index (κ1) is 15.6. The molecule has 0 aliphatic heterocycles. The number of hydrogen-bond donors (Lipinski definition) is 1. The first-order valence-corrected chi connectivity index (χ1v) is 6.14. The number of hydrogen-bond acceptors (Lipinski definition) is 4. The second-order valence-electron chi connectivity index (χ2n) is 4.20. The van der Waals surface area contributed by atoms with Crippen LogP contribution in [0.5, 0.6) is 0 Å². The molecule has 0 saturated heterocycles. The third-order valence-electron chi connectivity index (χ3n) is 2.59. The lowest BCUT2D eigenvalue weighted by Crippen LogP contribution is -2.40. The van der Waals surface area contributed by atoms with Crippen LogP contribution in [0.4, 0.5) is 0 Å². The summed E-state index contributed by atoms with van der Waals surface area (Å²) in [5.74, 6) is -1.26. The van der Waals surface area contributed by atoms with Crippen LogP contribution < -0.4 is 5.32 Å². The van der Waals surface area contributed by atoms with Gasteiger partial charge in [-0.2, -0.15) is 0 Å². The zero-order valence-corrected chi connectivity index (χ0v) is 11.5. The van der Waals surface area contributed by atoms with E-state index in [1.54, 1.807) is 0 Å². The van der Waals surface area contributed by atoms with Crippen molar-refractivity contribution in [1.82, 2.24) is 5.32 Å². The Morgan fingerprint density at radius 2 is 1.85 bits per heavy atom. The van der Waals surface area contributed by atoms with E-state index in [2.05, 4.69) is 10.1 Å². The van der Waals surface area contributed by atoms with E-state index >= 15 is 0 Å². The standard InChI is InChI=1S/C15H17NO4/c1-11(17)16-13(10-12-6-4-3-5-7-12)14(18)8-9-15(19)20-2/h3-9,13H,10H2,1-2H3,(H,16,17)/b9-8+. The number of carbonyl (C=O) groups excluding carboxylic acids is 3. The van der Waals surface area contributed by atoms with E-state index in [1.807, 2.05) is 30.3 Å². The fourth-order valence-electron chi connectivity index (χ4n) is 1.65. The molecule has 0 bridgehead atoms. The van der Waals surface area contributed by atoms with Gasteiger partial charge in [-0.1, -0.05) is 30.3 Å². The predicted molar refractivity (Wildman–Crippen MR) is 73.9 cm³/mol. The first-order valence-electron chi connectivity index (χ1n) is 6.14. The van der Waals surface area contributed by atoms with E-state index in [-0.39, 0.29) is 11.7 Å². The van der Waals surface area contributed by atoms with Crippen LogP contribution in [0.15, 0.2) is 42.5 Å². The highest BCUT2D eigenvalue weighted by Crippen LogP contribution is 2.05. The first-order chi connectivity index (χ1) is 9.52. The summed E-state index contributed by atoms with van der Waals surface area (Å²) in [5.41, 5.74) is 0.922. The van der Waals surface area contributed by atoms with Gasteiger partial charge in [-0.05, 0) is 11.6 Å². The van der Waals surface area contributed by atoms with Crippen molar-refractivity contribution in [1.29, 1.82) is 0 Å². The number of ether oxygens (including phenoxy) is 1. The fraction of sp³-hybridized carbons (Fsp3) is 0.267. The van der Waals surface area contributed by atoms with Gasteiger partial charge in [0.25, 0.3) is 0 Å². The van der Waals surface area contributed by atoms with Gasteiger partial charge < -0.3 is 10.1 Å². The van der Waals surface area contributed by atoms with Gasteiger partial charge in [-0.3, -0.25) is 9.59 Å². The van der Waals surface area contributed by atoms with E-state index < -0.39 is 12.0 Å². The van der Waals surface area contributed by atoms with Crippen molar-refractivity contribution in [3.8, 4) is 0 Å². The van der Waals surface area contributed by atoms with Crippen LogP contribution in [0, 0.1) is 0 Å². The minimum Gasteiger partial charge on any atom is -0.466 e. The second-order valence-corrected chi connectivity index (χ2v) is 4.20. The van der Waals surface area contributed by atoms with Crippen LogP contribution in [0.1, 0.15) is 12.5 Å². The van der Waals surface area contributed by atoms with E-state index in [1.165, 1.54) is 14.0 Å². The predicted octanol–water partition coefficient (Wildman–Crippen LogP) is 1.03. The number of amides is 1. The molecule has 0 radical (unpaired) electrons. The molecule has 1 aromatic rings. The Hall–Kier alpha value is -2.43. The summed E-state index contributed by atoms with van der Waals surface area (Å²) in [6, 6.07) is 8.62.